The molecule has 0 aliphatic rings. The van der Waals surface area contributed by atoms with E-state index in [0.29, 0.717) is 28.9 Å². The SMILES string of the molecule is CCc1ccc(C(=O)NN(C(=O)c2cc(C)cc(C)c2)C(C)(C)C)c(C)c1OCC#N. The van der Waals surface area contributed by atoms with Gasteiger partial charge in [0, 0.05) is 16.7 Å². The number of amides is 2. The number of nitrogens with zero attached hydrogens (tertiary/aromatic N) is 2. The zero-order valence-corrected chi connectivity index (χ0v) is 19.4. The van der Waals surface area contributed by atoms with Gasteiger partial charge in [-0.05, 0) is 71.7 Å². The van der Waals surface area contributed by atoms with Gasteiger partial charge in [0.25, 0.3) is 11.8 Å². The van der Waals surface area contributed by atoms with Gasteiger partial charge >= 0.3 is 0 Å². The van der Waals surface area contributed by atoms with E-state index in [9.17, 15) is 9.59 Å². The van der Waals surface area contributed by atoms with Gasteiger partial charge in [0.2, 0.25) is 0 Å². The molecule has 1 N–H and O–H groups in total. The minimum atomic E-state index is -0.651. The standard InChI is InChI=1S/C25H31N3O3/c1-8-19-9-10-21(18(4)22(19)31-12-11-26)23(29)27-28(25(5,6)7)24(30)20-14-16(2)13-17(3)15-20/h9-10,13-15H,8,12H2,1-7H3,(H,27,29). The van der Waals surface area contributed by atoms with E-state index in [-0.39, 0.29) is 12.5 Å². The van der Waals surface area contributed by atoms with Crippen LogP contribution in [0.4, 0.5) is 0 Å². The molecule has 0 unspecified atom stereocenters. The highest BCUT2D eigenvalue weighted by Crippen LogP contribution is 2.28. The van der Waals surface area contributed by atoms with Crippen LogP contribution in [0.3, 0.4) is 0 Å². The van der Waals surface area contributed by atoms with E-state index in [1.54, 1.807) is 13.0 Å². The van der Waals surface area contributed by atoms with Crippen LogP contribution in [0, 0.1) is 32.1 Å². The quantitative estimate of drug-likeness (QED) is 0.712. The molecule has 0 atom stereocenters. The van der Waals surface area contributed by atoms with Crippen molar-refractivity contribution in [3.8, 4) is 11.8 Å². The van der Waals surface area contributed by atoms with Crippen molar-refractivity contribution in [2.75, 3.05) is 6.61 Å². The van der Waals surface area contributed by atoms with Gasteiger partial charge in [-0.2, -0.15) is 5.26 Å². The van der Waals surface area contributed by atoms with E-state index < -0.39 is 11.4 Å². The lowest BCUT2D eigenvalue weighted by molar-refractivity contribution is 0.0358. The lowest BCUT2D eigenvalue weighted by atomic mass is 10.0. The number of hydrogen-bond acceptors (Lipinski definition) is 4. The van der Waals surface area contributed by atoms with Gasteiger partial charge in [0.1, 0.15) is 11.8 Å². The molecule has 0 aliphatic heterocycles. The summed E-state index contributed by atoms with van der Waals surface area (Å²) in [6.45, 7) is 13.1. The third kappa shape index (κ3) is 5.64. The van der Waals surface area contributed by atoms with Crippen molar-refractivity contribution in [1.29, 1.82) is 5.26 Å². The summed E-state index contributed by atoms with van der Waals surface area (Å²) in [5, 5.41) is 10.2. The first-order chi connectivity index (χ1) is 14.5. The number of carbonyl (C=O) groups is 2. The fourth-order valence-electron chi connectivity index (χ4n) is 3.49. The molecule has 31 heavy (non-hydrogen) atoms. The average molecular weight is 422 g/mol. The summed E-state index contributed by atoms with van der Waals surface area (Å²) >= 11 is 0. The van der Waals surface area contributed by atoms with Crippen LogP contribution in [0.1, 0.15) is 70.7 Å². The number of carbonyl (C=O) groups excluding carboxylic acids is 2. The van der Waals surface area contributed by atoms with Crippen molar-refractivity contribution in [1.82, 2.24) is 10.4 Å². The minimum absolute atomic E-state index is 0.0990. The average Bonchev–Trinajstić information content (AvgIpc) is 2.68. The molecule has 2 aromatic carbocycles. The number of nitrogens with one attached hydrogen (secondary N) is 1. The molecule has 0 aliphatic carbocycles. The van der Waals surface area contributed by atoms with Crippen molar-refractivity contribution in [2.24, 2.45) is 0 Å². The first kappa shape index (κ1) is 23.9. The highest BCUT2D eigenvalue weighted by molar-refractivity contribution is 6.00. The van der Waals surface area contributed by atoms with Crippen LogP contribution >= 0.6 is 0 Å². The number of hydrogen-bond donors (Lipinski definition) is 1. The molecule has 0 radical (unpaired) electrons. The van der Waals surface area contributed by atoms with E-state index in [2.05, 4.69) is 5.43 Å². The zero-order chi connectivity index (χ0) is 23.3. The van der Waals surface area contributed by atoms with Crippen LogP contribution in [0.2, 0.25) is 0 Å². The fourth-order valence-corrected chi connectivity index (χ4v) is 3.49. The lowest BCUT2D eigenvalue weighted by Crippen LogP contribution is -2.56. The van der Waals surface area contributed by atoms with Crippen LogP contribution in [0.25, 0.3) is 0 Å². The van der Waals surface area contributed by atoms with Gasteiger partial charge in [-0.25, -0.2) is 5.01 Å². The Bertz CT molecular complexity index is 1010. The Kier molecular flexibility index (Phi) is 7.46. The fraction of sp³-hybridized carbons (Fsp3) is 0.400. The minimum Gasteiger partial charge on any atom is -0.478 e. The highest BCUT2D eigenvalue weighted by Gasteiger charge is 2.30. The number of rotatable bonds is 5. The molecule has 0 heterocycles. The molecule has 6 heteroatoms. The highest BCUT2D eigenvalue weighted by atomic mass is 16.5. The predicted molar refractivity (Wildman–Crippen MR) is 121 cm³/mol. The van der Waals surface area contributed by atoms with Gasteiger partial charge in [0.05, 0.1) is 5.54 Å². The van der Waals surface area contributed by atoms with Crippen LogP contribution in [-0.2, 0) is 6.42 Å². The van der Waals surface area contributed by atoms with Gasteiger partial charge in [-0.15, -0.1) is 0 Å². The summed E-state index contributed by atoms with van der Waals surface area (Å²) in [7, 11) is 0. The van der Waals surface area contributed by atoms with Crippen molar-refractivity contribution in [2.45, 2.75) is 60.4 Å². The zero-order valence-electron chi connectivity index (χ0n) is 19.4. The summed E-state index contributed by atoms with van der Waals surface area (Å²) in [6, 6.07) is 11.1. The molecular weight excluding hydrogens is 390 g/mol. The molecule has 0 saturated carbocycles. The van der Waals surface area contributed by atoms with E-state index in [4.69, 9.17) is 10.00 Å². The topological polar surface area (TPSA) is 82.4 Å². The predicted octanol–water partition coefficient (Wildman–Crippen LogP) is 4.66. The molecule has 0 aromatic heterocycles. The first-order valence-corrected chi connectivity index (χ1v) is 10.4. The van der Waals surface area contributed by atoms with Crippen LogP contribution in [0.15, 0.2) is 30.3 Å². The third-order valence-corrected chi connectivity index (χ3v) is 4.95. The monoisotopic (exact) mass is 421 g/mol. The smallest absolute Gasteiger partial charge is 0.272 e. The van der Waals surface area contributed by atoms with Crippen LogP contribution < -0.4 is 10.2 Å². The van der Waals surface area contributed by atoms with Gasteiger partial charge in [-0.3, -0.25) is 15.0 Å². The number of hydrazine groups is 1. The molecule has 2 amide bonds. The van der Waals surface area contributed by atoms with Gasteiger partial charge in [-0.1, -0.05) is 30.2 Å². The van der Waals surface area contributed by atoms with E-state index in [1.807, 2.05) is 71.9 Å². The molecule has 6 nitrogen and oxygen atoms in total. The van der Waals surface area contributed by atoms with E-state index in [0.717, 1.165) is 16.7 Å². The summed E-state index contributed by atoms with van der Waals surface area (Å²) in [4.78, 5) is 26.5. The summed E-state index contributed by atoms with van der Waals surface area (Å²) in [6.07, 6.45) is 0.711. The Hall–Kier alpha value is -3.33. The van der Waals surface area contributed by atoms with Gasteiger partial charge in [0.15, 0.2) is 6.61 Å². The number of nitriles is 1. The normalized spacial score (nSPS) is 10.9. The Morgan fingerprint density at radius 3 is 2.23 bits per heavy atom. The second-order valence-electron chi connectivity index (χ2n) is 8.66. The Balaban J connectivity index is 2.42. The molecule has 164 valence electrons. The maximum absolute atomic E-state index is 13.3. The molecule has 0 fully saturated rings. The van der Waals surface area contributed by atoms with Crippen LogP contribution in [0.5, 0.6) is 5.75 Å². The Labute approximate surface area is 184 Å². The Morgan fingerprint density at radius 2 is 1.71 bits per heavy atom. The van der Waals surface area contributed by atoms with Crippen molar-refractivity contribution in [3.63, 3.8) is 0 Å². The summed E-state index contributed by atoms with van der Waals surface area (Å²) < 4.78 is 5.59. The molecule has 0 spiro atoms. The largest absolute Gasteiger partial charge is 0.478 e. The number of aryl methyl sites for hydroxylation is 3. The van der Waals surface area contributed by atoms with Crippen molar-refractivity contribution in [3.05, 3.63) is 63.7 Å². The van der Waals surface area contributed by atoms with E-state index >= 15 is 0 Å². The maximum Gasteiger partial charge on any atom is 0.272 e. The number of ether oxygens (including phenoxy) is 1. The van der Waals surface area contributed by atoms with Crippen molar-refractivity contribution < 1.29 is 14.3 Å². The first-order valence-electron chi connectivity index (χ1n) is 10.4. The third-order valence-electron chi connectivity index (χ3n) is 4.95. The maximum atomic E-state index is 13.3. The second-order valence-corrected chi connectivity index (χ2v) is 8.66. The summed E-state index contributed by atoms with van der Waals surface area (Å²) in [5.41, 5.74) is 6.58. The molecule has 0 saturated heterocycles. The molecular formula is C25H31N3O3. The number of benzene rings is 2. The Morgan fingerprint density at radius 1 is 1.10 bits per heavy atom. The van der Waals surface area contributed by atoms with Crippen molar-refractivity contribution >= 4 is 11.8 Å². The molecule has 0 bridgehead atoms. The molecule has 2 aromatic rings. The van der Waals surface area contributed by atoms with Gasteiger partial charge < -0.3 is 4.74 Å². The second kappa shape index (κ2) is 9.65. The lowest BCUT2D eigenvalue weighted by Gasteiger charge is -2.36. The van der Waals surface area contributed by atoms with E-state index in [1.165, 1.54) is 5.01 Å². The summed E-state index contributed by atoms with van der Waals surface area (Å²) in [5.74, 6) is -0.148. The van der Waals surface area contributed by atoms with Crippen LogP contribution in [-0.4, -0.2) is 29.0 Å². The molecule has 2 rings (SSSR count).